The Morgan fingerprint density at radius 3 is 2.86 bits per heavy atom. The van der Waals surface area contributed by atoms with Crippen LogP contribution in [0, 0.1) is 0 Å². The summed E-state index contributed by atoms with van der Waals surface area (Å²) in [5.74, 6) is 0.399. The van der Waals surface area contributed by atoms with Gasteiger partial charge in [0.15, 0.2) is 0 Å². The molecule has 1 atom stereocenters. The fraction of sp³-hybridized carbons (Fsp3) is 0.692. The zero-order chi connectivity index (χ0) is 15.5. The van der Waals surface area contributed by atoms with Gasteiger partial charge < -0.3 is 9.47 Å². The quantitative estimate of drug-likeness (QED) is 0.808. The predicted octanol–water partition coefficient (Wildman–Crippen LogP) is 1.07. The molecule has 0 bridgehead atoms. The van der Waals surface area contributed by atoms with Crippen molar-refractivity contribution in [2.75, 3.05) is 20.2 Å². The molecule has 0 radical (unpaired) electrons. The van der Waals surface area contributed by atoms with E-state index in [0.717, 1.165) is 12.8 Å². The topological polar surface area (TPSA) is 81.6 Å². The molecular weight excluding hydrogens is 294 g/mol. The number of aromatic nitrogens is 2. The highest BCUT2D eigenvalue weighted by Gasteiger charge is 2.32. The van der Waals surface area contributed by atoms with Crippen LogP contribution in [0.15, 0.2) is 12.3 Å². The van der Waals surface area contributed by atoms with Crippen LogP contribution in [0.3, 0.4) is 0 Å². The second-order valence-electron chi connectivity index (χ2n) is 5.22. The highest BCUT2D eigenvalue weighted by atomic mass is 32.2. The number of hydrogen-bond acceptors (Lipinski definition) is 6. The highest BCUT2D eigenvalue weighted by Crippen LogP contribution is 2.21. The largest absolute Gasteiger partial charge is 0.473 e. The van der Waals surface area contributed by atoms with Gasteiger partial charge in [-0.3, -0.25) is 0 Å². The standard InChI is InChI=1S/C13H21N3O4S/c1-10(2)21(17,18)16-8-4-5-11(9-16)20-12-6-7-14-13(15-12)19-3/h6-7,10-11H,4-5,8-9H2,1-3H3. The summed E-state index contributed by atoms with van der Waals surface area (Å²) in [6.45, 7) is 4.28. The lowest BCUT2D eigenvalue weighted by Crippen LogP contribution is -2.46. The molecule has 0 amide bonds. The summed E-state index contributed by atoms with van der Waals surface area (Å²) in [6.07, 6.45) is 2.92. The van der Waals surface area contributed by atoms with Crippen molar-refractivity contribution in [3.63, 3.8) is 0 Å². The van der Waals surface area contributed by atoms with E-state index in [-0.39, 0.29) is 12.1 Å². The molecule has 0 saturated carbocycles. The zero-order valence-electron chi connectivity index (χ0n) is 12.5. The normalized spacial score (nSPS) is 20.5. The Kier molecular flexibility index (Phi) is 5.00. The van der Waals surface area contributed by atoms with Crippen LogP contribution in [0.1, 0.15) is 26.7 Å². The molecule has 0 aliphatic carbocycles. The van der Waals surface area contributed by atoms with Crippen molar-refractivity contribution in [3.05, 3.63) is 12.3 Å². The summed E-state index contributed by atoms with van der Waals surface area (Å²) >= 11 is 0. The molecule has 0 spiro atoms. The van der Waals surface area contributed by atoms with Gasteiger partial charge in [0.2, 0.25) is 15.9 Å². The van der Waals surface area contributed by atoms with Gasteiger partial charge in [0.1, 0.15) is 6.10 Å². The van der Waals surface area contributed by atoms with Crippen LogP contribution in [0.5, 0.6) is 11.9 Å². The van der Waals surface area contributed by atoms with E-state index in [9.17, 15) is 8.42 Å². The first-order valence-corrected chi connectivity index (χ1v) is 8.46. The smallest absolute Gasteiger partial charge is 0.319 e. The molecule has 1 fully saturated rings. The number of methoxy groups -OCH3 is 1. The Morgan fingerprint density at radius 2 is 2.19 bits per heavy atom. The third-order valence-electron chi connectivity index (χ3n) is 3.37. The van der Waals surface area contributed by atoms with Crippen molar-refractivity contribution in [2.24, 2.45) is 0 Å². The first-order valence-electron chi connectivity index (χ1n) is 6.96. The van der Waals surface area contributed by atoms with E-state index in [1.807, 2.05) is 0 Å². The van der Waals surface area contributed by atoms with Gasteiger partial charge >= 0.3 is 6.01 Å². The van der Waals surface area contributed by atoms with Gasteiger partial charge in [0, 0.05) is 18.8 Å². The molecule has 1 saturated heterocycles. The average Bonchev–Trinajstić information content (AvgIpc) is 2.47. The van der Waals surface area contributed by atoms with Crippen LogP contribution >= 0.6 is 0 Å². The van der Waals surface area contributed by atoms with Crippen molar-refractivity contribution in [2.45, 2.75) is 38.0 Å². The highest BCUT2D eigenvalue weighted by molar-refractivity contribution is 7.89. The van der Waals surface area contributed by atoms with Crippen LogP contribution < -0.4 is 9.47 Å². The fourth-order valence-corrected chi connectivity index (χ4v) is 3.54. The minimum absolute atomic E-state index is 0.202. The molecule has 8 heteroatoms. The molecule has 2 heterocycles. The van der Waals surface area contributed by atoms with E-state index in [1.54, 1.807) is 26.1 Å². The summed E-state index contributed by atoms with van der Waals surface area (Å²) in [7, 11) is -1.76. The van der Waals surface area contributed by atoms with E-state index in [0.29, 0.717) is 19.0 Å². The van der Waals surface area contributed by atoms with Crippen molar-refractivity contribution in [1.29, 1.82) is 0 Å². The Bertz CT molecular complexity index is 577. The van der Waals surface area contributed by atoms with Gasteiger partial charge in [-0.1, -0.05) is 0 Å². The maximum absolute atomic E-state index is 12.2. The van der Waals surface area contributed by atoms with Gasteiger partial charge in [-0.25, -0.2) is 13.4 Å². The van der Waals surface area contributed by atoms with Gasteiger partial charge in [-0.05, 0) is 26.7 Å². The maximum Gasteiger partial charge on any atom is 0.319 e. The number of hydrogen-bond donors (Lipinski definition) is 0. The van der Waals surface area contributed by atoms with E-state index in [2.05, 4.69) is 9.97 Å². The molecule has 1 aliphatic heterocycles. The molecule has 2 rings (SSSR count). The van der Waals surface area contributed by atoms with Crippen molar-refractivity contribution >= 4 is 10.0 Å². The summed E-state index contributed by atoms with van der Waals surface area (Å²) in [5, 5.41) is -0.421. The van der Waals surface area contributed by atoms with Crippen molar-refractivity contribution in [3.8, 4) is 11.9 Å². The maximum atomic E-state index is 12.2. The lowest BCUT2D eigenvalue weighted by Gasteiger charge is -2.32. The minimum atomic E-state index is -3.24. The molecule has 1 aliphatic rings. The molecule has 1 unspecified atom stereocenters. The average molecular weight is 315 g/mol. The van der Waals surface area contributed by atoms with E-state index >= 15 is 0 Å². The molecule has 0 aromatic carbocycles. The molecule has 21 heavy (non-hydrogen) atoms. The summed E-state index contributed by atoms with van der Waals surface area (Å²) in [5.41, 5.74) is 0. The number of sulfonamides is 1. The molecule has 7 nitrogen and oxygen atoms in total. The molecule has 0 N–H and O–H groups in total. The first-order chi connectivity index (χ1) is 9.93. The Labute approximate surface area is 125 Å². The first kappa shape index (κ1) is 16.0. The van der Waals surface area contributed by atoms with Crippen molar-refractivity contribution in [1.82, 2.24) is 14.3 Å². The summed E-state index contributed by atoms with van der Waals surface area (Å²) < 4.78 is 36.6. The van der Waals surface area contributed by atoms with E-state index < -0.39 is 15.3 Å². The lowest BCUT2D eigenvalue weighted by atomic mass is 10.1. The lowest BCUT2D eigenvalue weighted by molar-refractivity contribution is 0.123. The molecule has 118 valence electrons. The zero-order valence-corrected chi connectivity index (χ0v) is 13.3. The number of ether oxygens (including phenoxy) is 2. The molecular formula is C13H21N3O4S. The Morgan fingerprint density at radius 1 is 1.43 bits per heavy atom. The van der Waals surface area contributed by atoms with Crippen molar-refractivity contribution < 1.29 is 17.9 Å². The van der Waals surface area contributed by atoms with Crippen LogP contribution in [0.2, 0.25) is 0 Å². The monoisotopic (exact) mass is 315 g/mol. The Balaban J connectivity index is 2.04. The third kappa shape index (κ3) is 3.82. The number of piperidine rings is 1. The minimum Gasteiger partial charge on any atom is -0.473 e. The summed E-state index contributed by atoms with van der Waals surface area (Å²) in [4.78, 5) is 7.99. The van der Waals surface area contributed by atoms with Crippen LogP contribution in [-0.2, 0) is 10.0 Å². The third-order valence-corrected chi connectivity index (χ3v) is 5.62. The van der Waals surface area contributed by atoms with Crippen LogP contribution in [0.25, 0.3) is 0 Å². The predicted molar refractivity (Wildman–Crippen MR) is 77.9 cm³/mol. The molecule has 1 aromatic heterocycles. The van der Waals surface area contributed by atoms with E-state index in [4.69, 9.17) is 9.47 Å². The van der Waals surface area contributed by atoms with Gasteiger partial charge in [-0.15, -0.1) is 0 Å². The Hall–Kier alpha value is -1.41. The van der Waals surface area contributed by atoms with Crippen LogP contribution in [0.4, 0.5) is 0 Å². The van der Waals surface area contributed by atoms with E-state index in [1.165, 1.54) is 11.4 Å². The van der Waals surface area contributed by atoms with Gasteiger partial charge in [0.25, 0.3) is 0 Å². The van der Waals surface area contributed by atoms with Gasteiger partial charge in [0.05, 0.1) is 18.9 Å². The second-order valence-corrected chi connectivity index (χ2v) is 7.70. The molecule has 1 aromatic rings. The fourth-order valence-electron chi connectivity index (χ4n) is 2.19. The second kappa shape index (κ2) is 6.57. The number of rotatable bonds is 5. The van der Waals surface area contributed by atoms with Crippen LogP contribution in [-0.4, -0.2) is 54.2 Å². The SMILES string of the molecule is COc1nccc(OC2CCCN(S(=O)(=O)C(C)C)C2)n1. The number of nitrogens with zero attached hydrogens (tertiary/aromatic N) is 3. The summed E-state index contributed by atoms with van der Waals surface area (Å²) in [6, 6.07) is 1.87. The van der Waals surface area contributed by atoms with Gasteiger partial charge in [-0.2, -0.15) is 9.29 Å².